The minimum absolute atomic E-state index is 0.526. The van der Waals surface area contributed by atoms with Crippen molar-refractivity contribution in [1.29, 1.82) is 0 Å². The summed E-state index contributed by atoms with van der Waals surface area (Å²) < 4.78 is 16.5. The number of para-hydroxylation sites is 1. The topological polar surface area (TPSA) is 30.9 Å². The monoisotopic (exact) mass is 327 g/mol. The number of rotatable bonds is 10. The Morgan fingerprint density at radius 3 is 2.73 bits per heavy atom. The number of nitrogens with zero attached hydrogens (tertiary/aromatic N) is 1. The molecule has 0 radical (unpaired) electrons. The van der Waals surface area contributed by atoms with Crippen molar-refractivity contribution in [3.05, 3.63) is 29.8 Å². The molecule has 0 saturated carbocycles. The summed E-state index contributed by atoms with van der Waals surface area (Å²) >= 11 is 5.57. The van der Waals surface area contributed by atoms with Crippen molar-refractivity contribution in [3.63, 3.8) is 0 Å². The minimum Gasteiger partial charge on any atom is -0.491 e. The second-order valence-electron chi connectivity index (χ2n) is 5.32. The van der Waals surface area contributed by atoms with Crippen molar-refractivity contribution >= 4 is 11.6 Å². The molecule has 5 heteroatoms. The molecule has 1 heterocycles. The van der Waals surface area contributed by atoms with Crippen LogP contribution in [-0.2, 0) is 15.9 Å². The second-order valence-corrected chi connectivity index (χ2v) is 5.69. The highest BCUT2D eigenvalue weighted by Gasteiger charge is 2.10. The van der Waals surface area contributed by atoms with Crippen LogP contribution in [0.2, 0.25) is 0 Å². The van der Waals surface area contributed by atoms with E-state index in [1.165, 1.54) is 5.56 Å². The first-order valence-electron chi connectivity index (χ1n) is 8.04. The van der Waals surface area contributed by atoms with Crippen LogP contribution >= 0.6 is 11.6 Å². The molecule has 1 saturated heterocycles. The summed E-state index contributed by atoms with van der Waals surface area (Å²) in [7, 11) is 0. The number of hydrogen-bond donors (Lipinski definition) is 0. The second kappa shape index (κ2) is 10.8. The van der Waals surface area contributed by atoms with E-state index in [9.17, 15) is 0 Å². The molecule has 0 N–H and O–H groups in total. The lowest BCUT2D eigenvalue weighted by Gasteiger charge is -2.26. The van der Waals surface area contributed by atoms with Crippen LogP contribution in [0.15, 0.2) is 24.3 Å². The van der Waals surface area contributed by atoms with Crippen LogP contribution in [0.5, 0.6) is 5.75 Å². The van der Waals surface area contributed by atoms with Gasteiger partial charge in [-0.25, -0.2) is 0 Å². The molecule has 4 nitrogen and oxygen atoms in total. The predicted octanol–water partition coefficient (Wildman–Crippen LogP) is 2.59. The summed E-state index contributed by atoms with van der Waals surface area (Å²) in [5, 5.41) is 0. The van der Waals surface area contributed by atoms with Crippen molar-refractivity contribution in [2.45, 2.75) is 12.8 Å². The van der Waals surface area contributed by atoms with Gasteiger partial charge in [-0.3, -0.25) is 4.90 Å². The minimum atomic E-state index is 0.526. The lowest BCUT2D eigenvalue weighted by Crippen LogP contribution is -2.36. The van der Waals surface area contributed by atoms with E-state index in [1.807, 2.05) is 12.1 Å². The zero-order valence-electron chi connectivity index (χ0n) is 13.1. The number of halogens is 1. The summed E-state index contributed by atoms with van der Waals surface area (Å²) in [6.45, 7) is 6.67. The fourth-order valence-electron chi connectivity index (χ4n) is 2.54. The Kier molecular flexibility index (Phi) is 8.64. The lowest BCUT2D eigenvalue weighted by molar-refractivity contribution is 0.0374. The number of alkyl halides is 1. The smallest absolute Gasteiger partial charge is 0.122 e. The normalized spacial score (nSPS) is 15.9. The molecule has 0 atom stereocenters. The zero-order valence-corrected chi connectivity index (χ0v) is 13.9. The Balaban J connectivity index is 1.70. The summed E-state index contributed by atoms with van der Waals surface area (Å²) in [5.41, 5.74) is 1.27. The van der Waals surface area contributed by atoms with Gasteiger partial charge in [-0.15, -0.1) is 11.6 Å². The van der Waals surface area contributed by atoms with Gasteiger partial charge in [0.05, 0.1) is 26.4 Å². The first kappa shape index (κ1) is 17.5. The van der Waals surface area contributed by atoms with Gasteiger partial charge in [-0.2, -0.15) is 0 Å². The van der Waals surface area contributed by atoms with Gasteiger partial charge in [-0.1, -0.05) is 18.2 Å². The Bertz CT molecular complexity index is 411. The molecular weight excluding hydrogens is 302 g/mol. The van der Waals surface area contributed by atoms with Gasteiger partial charge < -0.3 is 14.2 Å². The quantitative estimate of drug-likeness (QED) is 0.488. The number of ether oxygens (including phenoxy) is 3. The molecule has 0 unspecified atom stereocenters. The van der Waals surface area contributed by atoms with E-state index in [0.29, 0.717) is 25.7 Å². The van der Waals surface area contributed by atoms with E-state index in [4.69, 9.17) is 25.8 Å². The maximum Gasteiger partial charge on any atom is 0.122 e. The third-order valence-electron chi connectivity index (χ3n) is 3.70. The standard InChI is InChI=1S/C17H26ClNO3/c18-7-11-20-14-15-22-17-6-2-1-4-16(17)5-3-8-19-9-12-21-13-10-19/h1-2,4,6H,3,5,7-15H2. The van der Waals surface area contributed by atoms with Gasteiger partial charge in [0.2, 0.25) is 0 Å². The van der Waals surface area contributed by atoms with E-state index >= 15 is 0 Å². The molecule has 1 aromatic carbocycles. The van der Waals surface area contributed by atoms with Gasteiger partial charge in [-0.05, 0) is 31.0 Å². The molecule has 0 aliphatic carbocycles. The lowest BCUT2D eigenvalue weighted by atomic mass is 10.1. The van der Waals surface area contributed by atoms with E-state index in [1.54, 1.807) is 0 Å². The zero-order chi connectivity index (χ0) is 15.5. The van der Waals surface area contributed by atoms with Gasteiger partial charge in [0.1, 0.15) is 12.4 Å². The molecule has 22 heavy (non-hydrogen) atoms. The highest BCUT2D eigenvalue weighted by atomic mass is 35.5. The highest BCUT2D eigenvalue weighted by molar-refractivity contribution is 6.17. The Morgan fingerprint density at radius 2 is 1.91 bits per heavy atom. The maximum absolute atomic E-state index is 5.82. The van der Waals surface area contributed by atoms with Crippen LogP contribution in [0.4, 0.5) is 0 Å². The van der Waals surface area contributed by atoms with Gasteiger partial charge in [0.25, 0.3) is 0 Å². The average Bonchev–Trinajstić information content (AvgIpc) is 2.57. The largest absolute Gasteiger partial charge is 0.491 e. The molecule has 0 aromatic heterocycles. The van der Waals surface area contributed by atoms with Crippen LogP contribution in [0.3, 0.4) is 0 Å². The molecule has 1 aromatic rings. The Hall–Kier alpha value is -0.810. The van der Waals surface area contributed by atoms with Crippen molar-refractivity contribution in [2.24, 2.45) is 0 Å². The molecule has 0 bridgehead atoms. The molecule has 1 fully saturated rings. The number of hydrogen-bond acceptors (Lipinski definition) is 4. The molecular formula is C17H26ClNO3. The maximum atomic E-state index is 5.82. The van der Waals surface area contributed by atoms with Crippen LogP contribution < -0.4 is 4.74 Å². The fourth-order valence-corrected chi connectivity index (χ4v) is 2.65. The van der Waals surface area contributed by atoms with Gasteiger partial charge in [0, 0.05) is 19.0 Å². The first-order valence-corrected chi connectivity index (χ1v) is 8.58. The fraction of sp³-hybridized carbons (Fsp3) is 0.647. The van der Waals surface area contributed by atoms with Crippen molar-refractivity contribution in [3.8, 4) is 5.75 Å². The summed E-state index contributed by atoms with van der Waals surface area (Å²) in [4.78, 5) is 2.47. The molecule has 0 amide bonds. The number of aryl methyl sites for hydroxylation is 1. The van der Waals surface area contributed by atoms with E-state index in [2.05, 4.69) is 17.0 Å². The van der Waals surface area contributed by atoms with Crippen LogP contribution in [0.1, 0.15) is 12.0 Å². The van der Waals surface area contributed by atoms with Crippen molar-refractivity contribution in [2.75, 3.05) is 58.5 Å². The van der Waals surface area contributed by atoms with E-state index < -0.39 is 0 Å². The Labute approximate surface area is 138 Å². The predicted molar refractivity (Wildman–Crippen MR) is 89.1 cm³/mol. The molecule has 0 spiro atoms. The molecule has 1 aliphatic heterocycles. The summed E-state index contributed by atoms with van der Waals surface area (Å²) in [6.07, 6.45) is 2.18. The SMILES string of the molecule is ClCCOCCOc1ccccc1CCCN1CCOCC1. The molecule has 124 valence electrons. The third-order valence-corrected chi connectivity index (χ3v) is 3.86. The van der Waals surface area contributed by atoms with Crippen LogP contribution in [0.25, 0.3) is 0 Å². The summed E-state index contributed by atoms with van der Waals surface area (Å²) in [6, 6.07) is 8.27. The first-order chi connectivity index (χ1) is 10.9. The van der Waals surface area contributed by atoms with Crippen LogP contribution in [0, 0.1) is 0 Å². The van der Waals surface area contributed by atoms with Gasteiger partial charge >= 0.3 is 0 Å². The van der Waals surface area contributed by atoms with Gasteiger partial charge in [0.15, 0.2) is 0 Å². The number of morpholine rings is 1. The van der Waals surface area contributed by atoms with E-state index in [-0.39, 0.29) is 0 Å². The average molecular weight is 328 g/mol. The number of benzene rings is 1. The molecule has 2 rings (SSSR count). The summed E-state index contributed by atoms with van der Waals surface area (Å²) in [5.74, 6) is 1.50. The third kappa shape index (κ3) is 6.53. The highest BCUT2D eigenvalue weighted by Crippen LogP contribution is 2.19. The van der Waals surface area contributed by atoms with Crippen molar-refractivity contribution < 1.29 is 14.2 Å². The molecule has 1 aliphatic rings. The van der Waals surface area contributed by atoms with Crippen LogP contribution in [-0.4, -0.2) is 63.4 Å². The Morgan fingerprint density at radius 1 is 1.09 bits per heavy atom. The van der Waals surface area contributed by atoms with Crippen molar-refractivity contribution in [1.82, 2.24) is 4.90 Å². The van der Waals surface area contributed by atoms with E-state index in [0.717, 1.165) is 51.4 Å².